The van der Waals surface area contributed by atoms with Crippen molar-refractivity contribution in [3.63, 3.8) is 0 Å². The van der Waals surface area contributed by atoms with E-state index in [1.54, 1.807) is 0 Å². The summed E-state index contributed by atoms with van der Waals surface area (Å²) < 4.78 is 6.18. The Bertz CT molecular complexity index is 229. The number of nitrogens with one attached hydrogen (secondary N) is 1. The molecule has 3 nitrogen and oxygen atoms in total. The predicted octanol–water partition coefficient (Wildman–Crippen LogP) is 3.24. The van der Waals surface area contributed by atoms with Crippen molar-refractivity contribution in [2.45, 2.75) is 77.9 Å². The van der Waals surface area contributed by atoms with E-state index in [0.29, 0.717) is 6.04 Å². The summed E-state index contributed by atoms with van der Waals surface area (Å²) in [7, 11) is 0. The first-order chi connectivity index (χ1) is 8.54. The van der Waals surface area contributed by atoms with Crippen molar-refractivity contribution in [1.82, 2.24) is 5.43 Å². The van der Waals surface area contributed by atoms with Gasteiger partial charge in [-0.1, -0.05) is 33.6 Å². The van der Waals surface area contributed by atoms with Crippen LogP contribution in [-0.4, -0.2) is 18.2 Å². The largest absolute Gasteiger partial charge is 0.374 e. The number of rotatable bonds is 7. The van der Waals surface area contributed by atoms with Crippen LogP contribution in [0, 0.1) is 11.8 Å². The van der Waals surface area contributed by atoms with Crippen molar-refractivity contribution < 1.29 is 4.74 Å². The predicted molar refractivity (Wildman–Crippen MR) is 77.2 cm³/mol. The van der Waals surface area contributed by atoms with Crippen LogP contribution in [0.25, 0.3) is 0 Å². The summed E-state index contributed by atoms with van der Waals surface area (Å²) in [6.45, 7) is 9.75. The van der Waals surface area contributed by atoms with Gasteiger partial charge in [0.25, 0.3) is 0 Å². The van der Waals surface area contributed by atoms with Crippen molar-refractivity contribution in [3.8, 4) is 0 Å². The fourth-order valence-corrected chi connectivity index (χ4v) is 3.38. The van der Waals surface area contributed by atoms with Crippen molar-refractivity contribution in [2.24, 2.45) is 17.7 Å². The van der Waals surface area contributed by atoms with Crippen LogP contribution in [0.5, 0.6) is 0 Å². The average molecular weight is 256 g/mol. The minimum absolute atomic E-state index is 0.0317. The van der Waals surface area contributed by atoms with Gasteiger partial charge in [-0.3, -0.25) is 11.3 Å². The molecule has 0 spiro atoms. The molecular weight excluding hydrogens is 224 g/mol. The number of hydrazine groups is 1. The van der Waals surface area contributed by atoms with Crippen molar-refractivity contribution in [2.75, 3.05) is 6.61 Å². The monoisotopic (exact) mass is 256 g/mol. The lowest BCUT2D eigenvalue weighted by Crippen LogP contribution is -2.57. The van der Waals surface area contributed by atoms with Gasteiger partial charge in [-0.15, -0.1) is 0 Å². The van der Waals surface area contributed by atoms with Crippen LogP contribution >= 0.6 is 0 Å². The Hall–Kier alpha value is -0.120. The Morgan fingerprint density at radius 2 is 2.11 bits per heavy atom. The van der Waals surface area contributed by atoms with Crippen LogP contribution in [0.4, 0.5) is 0 Å². The minimum atomic E-state index is -0.0317. The quantitative estimate of drug-likeness (QED) is 0.543. The highest BCUT2D eigenvalue weighted by Gasteiger charge is 2.42. The number of nitrogens with two attached hydrogens (primary N) is 1. The van der Waals surface area contributed by atoms with Gasteiger partial charge in [0, 0.05) is 6.61 Å². The van der Waals surface area contributed by atoms with E-state index in [4.69, 9.17) is 10.6 Å². The number of hydrogen-bond donors (Lipinski definition) is 2. The van der Waals surface area contributed by atoms with E-state index >= 15 is 0 Å². The third kappa shape index (κ3) is 4.22. The molecular formula is C15H32N2O. The molecule has 3 N–H and O–H groups in total. The normalized spacial score (nSPS) is 30.7. The van der Waals surface area contributed by atoms with Crippen molar-refractivity contribution >= 4 is 0 Å². The van der Waals surface area contributed by atoms with Gasteiger partial charge < -0.3 is 4.74 Å². The smallest absolute Gasteiger partial charge is 0.0850 e. The third-order valence-electron chi connectivity index (χ3n) is 4.29. The molecule has 1 aliphatic rings. The first kappa shape index (κ1) is 15.9. The molecule has 0 bridgehead atoms. The second-order valence-corrected chi connectivity index (χ2v) is 6.39. The fourth-order valence-electron chi connectivity index (χ4n) is 3.38. The summed E-state index contributed by atoms with van der Waals surface area (Å²) in [5.74, 6) is 7.29. The molecule has 3 atom stereocenters. The average Bonchev–Trinajstić information content (AvgIpc) is 2.29. The highest BCUT2D eigenvalue weighted by Crippen LogP contribution is 2.39. The van der Waals surface area contributed by atoms with E-state index in [-0.39, 0.29) is 5.60 Å². The lowest BCUT2D eigenvalue weighted by Gasteiger charge is -2.45. The van der Waals surface area contributed by atoms with Gasteiger partial charge in [-0.25, -0.2) is 0 Å². The Morgan fingerprint density at radius 3 is 2.61 bits per heavy atom. The van der Waals surface area contributed by atoms with E-state index in [9.17, 15) is 0 Å². The van der Waals surface area contributed by atoms with Gasteiger partial charge in [0.15, 0.2) is 0 Å². The summed E-state index contributed by atoms with van der Waals surface area (Å²) in [6, 6.07) is 0.294. The Kier molecular flexibility index (Phi) is 6.61. The van der Waals surface area contributed by atoms with E-state index in [0.717, 1.165) is 37.7 Å². The zero-order valence-electron chi connectivity index (χ0n) is 12.7. The van der Waals surface area contributed by atoms with Crippen LogP contribution in [0.3, 0.4) is 0 Å². The molecule has 0 amide bonds. The topological polar surface area (TPSA) is 47.3 Å². The van der Waals surface area contributed by atoms with Gasteiger partial charge in [0.1, 0.15) is 0 Å². The zero-order valence-corrected chi connectivity index (χ0v) is 12.7. The van der Waals surface area contributed by atoms with Crippen LogP contribution < -0.4 is 11.3 Å². The van der Waals surface area contributed by atoms with E-state index in [2.05, 4.69) is 33.1 Å². The van der Waals surface area contributed by atoms with Crippen LogP contribution in [-0.2, 0) is 4.74 Å². The number of ether oxygens (including phenoxy) is 1. The Balaban J connectivity index is 2.72. The van der Waals surface area contributed by atoms with E-state index in [1.807, 2.05) is 0 Å². The molecule has 1 aliphatic carbocycles. The second kappa shape index (κ2) is 7.46. The lowest BCUT2D eigenvalue weighted by atomic mass is 9.73. The molecule has 1 saturated carbocycles. The van der Waals surface area contributed by atoms with Gasteiger partial charge >= 0.3 is 0 Å². The summed E-state index contributed by atoms with van der Waals surface area (Å²) in [5, 5.41) is 0. The summed E-state index contributed by atoms with van der Waals surface area (Å²) in [5.41, 5.74) is 3.02. The van der Waals surface area contributed by atoms with Crippen molar-refractivity contribution in [1.29, 1.82) is 0 Å². The van der Waals surface area contributed by atoms with Crippen LogP contribution in [0.15, 0.2) is 0 Å². The standard InChI is InChI=1S/C15H32N2O/c1-5-18-15(10-6-7-13(4)11-15)14(17-16)9-8-12(2)3/h12-14,17H,5-11,16H2,1-4H3. The molecule has 0 aromatic carbocycles. The zero-order chi connectivity index (χ0) is 13.6. The lowest BCUT2D eigenvalue weighted by molar-refractivity contribution is -0.103. The molecule has 1 fully saturated rings. The van der Waals surface area contributed by atoms with Crippen molar-refractivity contribution in [3.05, 3.63) is 0 Å². The maximum Gasteiger partial charge on any atom is 0.0850 e. The molecule has 108 valence electrons. The van der Waals surface area contributed by atoms with Gasteiger partial charge in [-0.05, 0) is 44.4 Å². The Morgan fingerprint density at radius 1 is 1.39 bits per heavy atom. The van der Waals surface area contributed by atoms with Crippen LogP contribution in [0.1, 0.15) is 66.2 Å². The molecule has 1 rings (SSSR count). The van der Waals surface area contributed by atoms with Crippen LogP contribution in [0.2, 0.25) is 0 Å². The molecule has 0 saturated heterocycles. The molecule has 0 aliphatic heterocycles. The summed E-state index contributed by atoms with van der Waals surface area (Å²) in [4.78, 5) is 0. The maximum absolute atomic E-state index is 6.18. The molecule has 18 heavy (non-hydrogen) atoms. The summed E-state index contributed by atoms with van der Waals surface area (Å²) in [6.07, 6.45) is 7.21. The van der Waals surface area contributed by atoms with E-state index in [1.165, 1.54) is 19.3 Å². The second-order valence-electron chi connectivity index (χ2n) is 6.39. The van der Waals surface area contributed by atoms with Gasteiger partial charge in [0.2, 0.25) is 0 Å². The Labute approximate surface area is 113 Å². The van der Waals surface area contributed by atoms with Gasteiger partial charge in [0.05, 0.1) is 11.6 Å². The van der Waals surface area contributed by atoms with Gasteiger partial charge in [-0.2, -0.15) is 0 Å². The molecule has 0 aromatic rings. The molecule has 0 aromatic heterocycles. The molecule has 0 radical (unpaired) electrons. The highest BCUT2D eigenvalue weighted by molar-refractivity contribution is 4.96. The van der Waals surface area contributed by atoms with E-state index < -0.39 is 0 Å². The summed E-state index contributed by atoms with van der Waals surface area (Å²) >= 11 is 0. The first-order valence-corrected chi connectivity index (χ1v) is 7.64. The third-order valence-corrected chi connectivity index (χ3v) is 4.29. The first-order valence-electron chi connectivity index (χ1n) is 7.64. The molecule has 0 heterocycles. The molecule has 3 unspecified atom stereocenters. The minimum Gasteiger partial charge on any atom is -0.374 e. The fraction of sp³-hybridized carbons (Fsp3) is 1.00. The number of hydrogen-bond acceptors (Lipinski definition) is 3. The SMILES string of the molecule is CCOC1(C(CCC(C)C)NN)CCCC(C)C1. The molecule has 3 heteroatoms. The maximum atomic E-state index is 6.18. The highest BCUT2D eigenvalue weighted by atomic mass is 16.5.